The number of nitriles is 1. The first-order chi connectivity index (χ1) is 27.7. The summed E-state index contributed by atoms with van der Waals surface area (Å²) in [4.78, 5) is 45.0. The molecule has 3 saturated heterocycles. The highest BCUT2D eigenvalue weighted by Crippen LogP contribution is 2.49. The number of nitrogens with zero attached hydrogens (tertiary/aromatic N) is 7. The molecule has 4 aliphatic heterocycles. The quantitative estimate of drug-likeness (QED) is 0.189. The van der Waals surface area contributed by atoms with Crippen LogP contribution in [0.25, 0.3) is 32.2 Å². The molecule has 19 heteroatoms. The number of alkyl halides is 2. The van der Waals surface area contributed by atoms with Gasteiger partial charge in [0.05, 0.1) is 47.3 Å². The summed E-state index contributed by atoms with van der Waals surface area (Å²) in [6, 6.07) is 0.632. The van der Waals surface area contributed by atoms with Crippen LogP contribution in [0.1, 0.15) is 77.5 Å². The Kier molecular flexibility index (Phi) is 10.1. The fraction of sp³-hybridized carbons (Fsp3) is 0.550. The SMILES string of the molecule is CN1CC(F)(F)C[C@H]1COc1nc(N2C3CCC2CN(C(=O)OC(C)(C)C)C3)c2c3c(c(-c4ncc(F)c5sc(NC(=O)OC(C)(C)C)c(C#N)c45)c(F)c2n1)COC3. The van der Waals surface area contributed by atoms with Gasteiger partial charge >= 0.3 is 18.2 Å². The minimum absolute atomic E-state index is 0.0113. The first-order valence-corrected chi connectivity index (χ1v) is 20.1. The first-order valence-electron chi connectivity index (χ1n) is 19.3. The normalized spacial score (nSPS) is 21.6. The molecule has 2 unspecified atom stereocenters. The number of likely N-dealkylation sites (N-methyl/N-ethyl adjacent to an activating group) is 1. The van der Waals surface area contributed by atoms with Gasteiger partial charge in [-0.2, -0.15) is 15.2 Å². The average molecular weight is 841 g/mol. The summed E-state index contributed by atoms with van der Waals surface area (Å²) in [5.41, 5.74) is -1.12. The number of halogens is 4. The lowest BCUT2D eigenvalue weighted by molar-refractivity contribution is 0.0136. The second kappa shape index (κ2) is 14.6. The summed E-state index contributed by atoms with van der Waals surface area (Å²) in [6.07, 6.45) is 0.558. The molecule has 0 spiro atoms. The largest absolute Gasteiger partial charge is 0.462 e. The summed E-state index contributed by atoms with van der Waals surface area (Å²) in [7, 11) is 1.57. The highest BCUT2D eigenvalue weighted by atomic mass is 32.1. The fourth-order valence-corrected chi connectivity index (χ4v) is 9.52. The standard InChI is InChI=1S/C40H44F4N8O6S/c1-38(2,3)57-36(53)49-34-22(11-45)27-30(46-12-25(41)32(27)59-34)26-23-16-55-17-24(23)28-31(29(26)42)47-35(56-15-21-10-40(43,44)18-50(21)7)48-33(28)52-19-8-9-20(52)14-51(13-19)37(54)58-39(4,5)6/h12,19-21H,8-10,13-18H2,1-7H3,(H,49,53)/t19?,20?,21-/m0/s1. The number of piperazine rings is 1. The van der Waals surface area contributed by atoms with Crippen molar-refractivity contribution in [3.05, 3.63) is 34.5 Å². The molecule has 2 amide bonds. The van der Waals surface area contributed by atoms with E-state index in [9.17, 15) is 23.6 Å². The number of hydrogen-bond acceptors (Lipinski definition) is 13. The highest BCUT2D eigenvalue weighted by Gasteiger charge is 2.46. The van der Waals surface area contributed by atoms with Crippen molar-refractivity contribution in [1.29, 1.82) is 5.26 Å². The maximum atomic E-state index is 17.7. The number of ether oxygens (including phenoxy) is 4. The summed E-state index contributed by atoms with van der Waals surface area (Å²) in [6.45, 7) is 10.3. The van der Waals surface area contributed by atoms with E-state index >= 15 is 8.78 Å². The molecule has 8 rings (SSSR count). The van der Waals surface area contributed by atoms with E-state index in [1.807, 2.05) is 6.07 Å². The van der Waals surface area contributed by atoms with E-state index in [2.05, 4.69) is 20.2 Å². The number of pyridine rings is 1. The number of carbonyl (C=O) groups excluding carboxylic acids is 2. The molecule has 59 heavy (non-hydrogen) atoms. The third-order valence-corrected chi connectivity index (χ3v) is 11.9. The number of carbonyl (C=O) groups is 2. The van der Waals surface area contributed by atoms with E-state index in [1.54, 1.807) is 53.5 Å². The van der Waals surface area contributed by atoms with Gasteiger partial charge in [-0.05, 0) is 72.6 Å². The van der Waals surface area contributed by atoms with Crippen LogP contribution >= 0.6 is 11.3 Å². The number of rotatable bonds is 6. The molecule has 3 aromatic heterocycles. The molecule has 2 bridgehead atoms. The van der Waals surface area contributed by atoms with Crippen molar-refractivity contribution in [3.8, 4) is 23.3 Å². The number of fused-ring (bicyclic) bond motifs is 6. The second-order valence-electron chi connectivity index (χ2n) is 17.5. The van der Waals surface area contributed by atoms with Gasteiger partial charge in [0.1, 0.15) is 40.2 Å². The molecule has 3 fully saturated rings. The molecule has 0 radical (unpaired) electrons. The number of anilines is 2. The third kappa shape index (κ3) is 7.66. The number of aromatic nitrogens is 3. The summed E-state index contributed by atoms with van der Waals surface area (Å²) in [5, 5.41) is 13.2. The number of hydrogen-bond donors (Lipinski definition) is 1. The van der Waals surface area contributed by atoms with Crippen LogP contribution in [-0.2, 0) is 27.4 Å². The Morgan fingerprint density at radius 2 is 1.71 bits per heavy atom. The van der Waals surface area contributed by atoms with Crippen LogP contribution in [0.15, 0.2) is 6.20 Å². The molecule has 1 aromatic carbocycles. The lowest BCUT2D eigenvalue weighted by atomic mass is 9.93. The summed E-state index contributed by atoms with van der Waals surface area (Å²) < 4.78 is 85.0. The Bertz CT molecular complexity index is 2410. The minimum atomic E-state index is -2.91. The lowest BCUT2D eigenvalue weighted by Gasteiger charge is -2.42. The maximum absolute atomic E-state index is 17.7. The van der Waals surface area contributed by atoms with Crippen LogP contribution in [0.5, 0.6) is 6.01 Å². The molecule has 0 aliphatic carbocycles. The van der Waals surface area contributed by atoms with E-state index in [0.29, 0.717) is 48.3 Å². The van der Waals surface area contributed by atoms with Crippen LogP contribution in [0, 0.1) is 23.0 Å². The van der Waals surface area contributed by atoms with Gasteiger partial charge in [-0.15, -0.1) is 11.3 Å². The topological polar surface area (TPSA) is 155 Å². The van der Waals surface area contributed by atoms with Gasteiger partial charge in [0, 0.05) is 48.6 Å². The van der Waals surface area contributed by atoms with Crippen molar-refractivity contribution in [2.45, 2.75) is 109 Å². The van der Waals surface area contributed by atoms with Gasteiger partial charge in [-0.25, -0.2) is 27.2 Å². The van der Waals surface area contributed by atoms with Crippen molar-refractivity contribution in [2.24, 2.45) is 0 Å². The Hall–Kier alpha value is -5.06. The fourth-order valence-electron chi connectivity index (χ4n) is 8.48. The van der Waals surface area contributed by atoms with Crippen LogP contribution in [0.4, 0.5) is 38.0 Å². The predicted molar refractivity (Wildman–Crippen MR) is 210 cm³/mol. The molecule has 0 saturated carbocycles. The zero-order valence-corrected chi connectivity index (χ0v) is 34.5. The van der Waals surface area contributed by atoms with Crippen molar-refractivity contribution >= 4 is 55.3 Å². The number of likely N-dealkylation sites (tertiary alicyclic amines) is 2. The minimum Gasteiger partial charge on any atom is -0.462 e. The van der Waals surface area contributed by atoms with Crippen LogP contribution in [-0.4, -0.2) is 105 Å². The van der Waals surface area contributed by atoms with Crippen molar-refractivity contribution in [1.82, 2.24) is 24.8 Å². The van der Waals surface area contributed by atoms with Gasteiger partial charge in [-0.1, -0.05) is 0 Å². The third-order valence-electron chi connectivity index (χ3n) is 10.8. The Morgan fingerprint density at radius 1 is 1.03 bits per heavy atom. The van der Waals surface area contributed by atoms with E-state index in [0.717, 1.165) is 17.5 Å². The molecular formula is C40H44F4N8O6S. The number of amides is 2. The lowest BCUT2D eigenvalue weighted by Crippen LogP contribution is -2.56. The molecule has 4 aliphatic rings. The molecule has 314 valence electrons. The van der Waals surface area contributed by atoms with E-state index in [4.69, 9.17) is 23.9 Å². The van der Waals surface area contributed by atoms with Gasteiger partial charge < -0.3 is 28.7 Å². The summed E-state index contributed by atoms with van der Waals surface area (Å²) >= 11 is 0.786. The Morgan fingerprint density at radius 3 is 2.34 bits per heavy atom. The van der Waals surface area contributed by atoms with Gasteiger partial charge in [0.15, 0.2) is 11.6 Å². The van der Waals surface area contributed by atoms with Gasteiger partial charge in [-0.3, -0.25) is 15.2 Å². The number of benzene rings is 1. The van der Waals surface area contributed by atoms with Crippen LogP contribution < -0.4 is 15.0 Å². The number of nitrogens with one attached hydrogen (secondary N) is 1. The zero-order valence-electron chi connectivity index (χ0n) is 33.7. The molecular weight excluding hydrogens is 797 g/mol. The first kappa shape index (κ1) is 40.7. The molecule has 14 nitrogen and oxygen atoms in total. The molecule has 4 aromatic rings. The highest BCUT2D eigenvalue weighted by molar-refractivity contribution is 7.23. The average Bonchev–Trinajstić information content (AvgIpc) is 3.88. The van der Waals surface area contributed by atoms with Gasteiger partial charge in [0.2, 0.25) is 0 Å². The maximum Gasteiger partial charge on any atom is 0.412 e. The van der Waals surface area contributed by atoms with E-state index in [1.165, 1.54) is 4.90 Å². The zero-order chi connectivity index (χ0) is 42.3. The molecule has 7 heterocycles. The van der Waals surface area contributed by atoms with Crippen molar-refractivity contribution in [2.75, 3.05) is 43.5 Å². The second-order valence-corrected chi connectivity index (χ2v) is 18.5. The van der Waals surface area contributed by atoms with Crippen LogP contribution in [0.2, 0.25) is 0 Å². The Balaban J connectivity index is 1.28. The van der Waals surface area contributed by atoms with Crippen molar-refractivity contribution < 1.29 is 46.1 Å². The van der Waals surface area contributed by atoms with Crippen LogP contribution in [0.3, 0.4) is 0 Å². The Labute approximate surface area is 341 Å². The predicted octanol–water partition coefficient (Wildman–Crippen LogP) is 7.74. The molecule has 3 atom stereocenters. The smallest absolute Gasteiger partial charge is 0.412 e. The van der Waals surface area contributed by atoms with Crippen molar-refractivity contribution in [3.63, 3.8) is 0 Å². The molecule has 1 N–H and O–H groups in total. The monoisotopic (exact) mass is 840 g/mol. The number of thiophene rings is 1. The van der Waals surface area contributed by atoms with E-state index in [-0.39, 0.29) is 75.3 Å². The summed E-state index contributed by atoms with van der Waals surface area (Å²) in [5.74, 6) is -4.24. The van der Waals surface area contributed by atoms with E-state index < -0.39 is 60.0 Å². The van der Waals surface area contributed by atoms with Gasteiger partial charge in [0.25, 0.3) is 5.92 Å².